The molecule has 4 aromatic rings. The average molecular weight is 525 g/mol. The third-order valence-corrected chi connectivity index (χ3v) is 5.71. The summed E-state index contributed by atoms with van der Waals surface area (Å²) in [5.41, 5.74) is 0.655. The molecule has 0 bridgehead atoms. The van der Waals surface area contributed by atoms with Gasteiger partial charge in [-0.1, -0.05) is 6.07 Å². The molecule has 0 saturated heterocycles. The largest absolute Gasteiger partial charge is 0.394 e. The first-order valence-corrected chi connectivity index (χ1v) is 11.8. The zero-order valence-electron chi connectivity index (χ0n) is 21.4. The Bertz CT molecular complexity index is 1540. The van der Waals surface area contributed by atoms with Crippen LogP contribution < -0.4 is 21.5 Å². The maximum Gasteiger partial charge on any atom is 0.323 e. The zero-order valence-corrected chi connectivity index (χ0v) is 21.4. The lowest BCUT2D eigenvalue weighted by atomic mass is 10.1. The van der Waals surface area contributed by atoms with Crippen LogP contribution in [-0.2, 0) is 12.6 Å². The molecule has 4 rings (SSSR count). The van der Waals surface area contributed by atoms with Crippen molar-refractivity contribution in [2.24, 2.45) is 7.05 Å². The lowest BCUT2D eigenvalue weighted by Gasteiger charge is -2.18. The van der Waals surface area contributed by atoms with Gasteiger partial charge in [-0.3, -0.25) is 14.0 Å². The van der Waals surface area contributed by atoms with Crippen molar-refractivity contribution in [3.05, 3.63) is 59.0 Å². The minimum absolute atomic E-state index is 0.0336. The van der Waals surface area contributed by atoms with Gasteiger partial charge in [-0.05, 0) is 44.5 Å². The normalized spacial score (nSPS) is 12.4. The fourth-order valence-corrected chi connectivity index (χ4v) is 3.64. The Balaban J connectivity index is 1.58. The van der Waals surface area contributed by atoms with E-state index in [0.717, 1.165) is 0 Å². The molecule has 0 aliphatic carbocycles. The Hall–Kier alpha value is -4.36. The fourth-order valence-electron chi connectivity index (χ4n) is 3.64. The predicted molar refractivity (Wildman–Crippen MR) is 142 cm³/mol. The van der Waals surface area contributed by atoms with Gasteiger partial charge in [0.15, 0.2) is 0 Å². The van der Waals surface area contributed by atoms with Crippen LogP contribution in [-0.4, -0.2) is 59.8 Å². The van der Waals surface area contributed by atoms with Crippen molar-refractivity contribution >= 4 is 34.4 Å². The molecule has 2 amide bonds. The molecule has 13 heteroatoms. The number of amides is 2. The highest BCUT2D eigenvalue weighted by Gasteiger charge is 2.17. The molecule has 0 spiro atoms. The molecule has 0 fully saturated rings. The van der Waals surface area contributed by atoms with Gasteiger partial charge in [-0.15, -0.1) is 0 Å². The predicted octanol–water partition coefficient (Wildman–Crippen LogP) is 2.50. The lowest BCUT2D eigenvalue weighted by molar-refractivity contribution is 0.105. The van der Waals surface area contributed by atoms with Gasteiger partial charge in [0.2, 0.25) is 5.95 Å². The summed E-state index contributed by atoms with van der Waals surface area (Å²) in [5, 5.41) is 31.1. The van der Waals surface area contributed by atoms with Crippen LogP contribution in [0.3, 0.4) is 0 Å². The second-order valence-electron chi connectivity index (χ2n) is 9.73. The van der Waals surface area contributed by atoms with E-state index >= 15 is 0 Å². The van der Waals surface area contributed by atoms with Crippen LogP contribution in [0.15, 0.2) is 47.7 Å². The summed E-state index contributed by atoms with van der Waals surface area (Å²) in [6.07, 6.45) is 3.69. The molecule has 38 heavy (non-hydrogen) atoms. The second-order valence-corrected chi connectivity index (χ2v) is 9.73. The summed E-state index contributed by atoms with van der Waals surface area (Å²) in [7, 11) is 1.54. The molecule has 3 aromatic heterocycles. The van der Waals surface area contributed by atoms with Gasteiger partial charge in [-0.25, -0.2) is 14.2 Å². The third kappa shape index (κ3) is 5.79. The van der Waals surface area contributed by atoms with Gasteiger partial charge >= 0.3 is 6.03 Å². The number of pyridine rings is 1. The van der Waals surface area contributed by atoms with E-state index in [0.29, 0.717) is 22.3 Å². The fraction of sp³-hybridized carbons (Fsp3) is 0.320. The SMILES string of the molecule is Cn1c(=O)c(-c2ccc(F)c(NC(=O)Nc3cnn(C(C)(C)C)c3)c2)cc2cnc(NCC(O)CO)nc21. The molecule has 5 N–H and O–H groups in total. The lowest BCUT2D eigenvalue weighted by Crippen LogP contribution is -2.24. The number of aryl methyl sites for hydroxylation is 1. The molecule has 200 valence electrons. The Morgan fingerprint density at radius 1 is 1.18 bits per heavy atom. The highest BCUT2D eigenvalue weighted by molar-refractivity contribution is 6.00. The topological polar surface area (TPSA) is 159 Å². The van der Waals surface area contributed by atoms with Crippen molar-refractivity contribution in [2.75, 3.05) is 29.1 Å². The van der Waals surface area contributed by atoms with Crippen molar-refractivity contribution in [2.45, 2.75) is 32.4 Å². The first kappa shape index (κ1) is 26.7. The van der Waals surface area contributed by atoms with Crippen molar-refractivity contribution < 1.29 is 19.4 Å². The van der Waals surface area contributed by atoms with Gasteiger partial charge in [0.25, 0.3) is 5.56 Å². The van der Waals surface area contributed by atoms with Crippen LogP contribution in [0.1, 0.15) is 20.8 Å². The number of rotatable bonds is 7. The Kier molecular flexibility index (Phi) is 7.41. The number of hydrogen-bond acceptors (Lipinski definition) is 8. The van der Waals surface area contributed by atoms with Crippen LogP contribution in [0.2, 0.25) is 0 Å². The van der Waals surface area contributed by atoms with Gasteiger partial charge in [0.05, 0.1) is 35.8 Å². The number of carbonyl (C=O) groups excluding carboxylic acids is 1. The van der Waals surface area contributed by atoms with Crippen molar-refractivity contribution in [1.29, 1.82) is 0 Å². The summed E-state index contributed by atoms with van der Waals surface area (Å²) in [5.74, 6) is -0.490. The molecule has 0 saturated carbocycles. The van der Waals surface area contributed by atoms with Crippen LogP contribution in [0.4, 0.5) is 26.5 Å². The quantitative estimate of drug-likeness (QED) is 0.247. The number of nitrogens with one attached hydrogen (secondary N) is 3. The Labute approximate surface area is 217 Å². The van der Waals surface area contributed by atoms with Crippen LogP contribution in [0.5, 0.6) is 0 Å². The number of hydrogen-bond donors (Lipinski definition) is 5. The van der Waals surface area contributed by atoms with E-state index in [2.05, 4.69) is 31.0 Å². The molecule has 1 atom stereocenters. The number of aliphatic hydroxyl groups excluding tert-OH is 2. The van der Waals surface area contributed by atoms with Crippen LogP contribution in [0, 0.1) is 5.82 Å². The maximum absolute atomic E-state index is 14.6. The molecule has 0 radical (unpaired) electrons. The number of fused-ring (bicyclic) bond motifs is 1. The van der Waals surface area contributed by atoms with Gasteiger partial charge in [0, 0.05) is 36.9 Å². The molecule has 0 aliphatic rings. The number of aliphatic hydroxyl groups is 2. The smallest absolute Gasteiger partial charge is 0.323 e. The summed E-state index contributed by atoms with van der Waals surface area (Å²) < 4.78 is 17.6. The van der Waals surface area contributed by atoms with E-state index in [1.54, 1.807) is 24.0 Å². The molecule has 12 nitrogen and oxygen atoms in total. The molecule has 1 aromatic carbocycles. The zero-order chi connectivity index (χ0) is 27.6. The highest BCUT2D eigenvalue weighted by Crippen LogP contribution is 2.25. The van der Waals surface area contributed by atoms with Crippen molar-refractivity contribution in [3.8, 4) is 11.1 Å². The summed E-state index contributed by atoms with van der Waals surface area (Å²) in [6.45, 7) is 5.52. The number of anilines is 3. The molecular formula is C25H29FN8O4. The molecular weight excluding hydrogens is 495 g/mol. The summed E-state index contributed by atoms with van der Waals surface area (Å²) >= 11 is 0. The number of benzene rings is 1. The number of nitrogens with zero attached hydrogens (tertiary/aromatic N) is 5. The van der Waals surface area contributed by atoms with Crippen LogP contribution in [0.25, 0.3) is 22.2 Å². The van der Waals surface area contributed by atoms with Gasteiger partial charge in [0.1, 0.15) is 11.5 Å². The molecule has 1 unspecified atom stereocenters. The number of carbonyl (C=O) groups is 1. The Morgan fingerprint density at radius 3 is 2.63 bits per heavy atom. The number of urea groups is 1. The minimum Gasteiger partial charge on any atom is -0.394 e. The minimum atomic E-state index is -0.981. The standard InChI is InChI=1S/C25H29FN8O4/c1-25(2,3)34-12-16(10-29-34)30-24(38)31-20-8-14(5-6-19(20)26)18-7-15-9-27-23(28-11-17(36)13-35)32-21(15)33(4)22(18)37/h5-10,12,17,35-36H,11,13H2,1-4H3,(H,27,28,32)(H2,30,31,38). The van der Waals surface area contributed by atoms with E-state index in [1.165, 1.54) is 35.2 Å². The van der Waals surface area contributed by atoms with E-state index in [1.807, 2.05) is 20.8 Å². The van der Waals surface area contributed by atoms with E-state index in [9.17, 15) is 19.1 Å². The number of aromatic nitrogens is 5. The van der Waals surface area contributed by atoms with Crippen LogP contribution >= 0.6 is 0 Å². The third-order valence-electron chi connectivity index (χ3n) is 5.71. The van der Waals surface area contributed by atoms with E-state index < -0.39 is 30.1 Å². The second kappa shape index (κ2) is 10.6. The van der Waals surface area contributed by atoms with E-state index in [-0.39, 0.29) is 29.3 Å². The monoisotopic (exact) mass is 524 g/mol. The molecule has 3 heterocycles. The van der Waals surface area contributed by atoms with Gasteiger partial charge < -0.3 is 26.2 Å². The average Bonchev–Trinajstić information content (AvgIpc) is 3.35. The number of halogens is 1. The maximum atomic E-state index is 14.6. The van der Waals surface area contributed by atoms with E-state index in [4.69, 9.17) is 5.11 Å². The first-order chi connectivity index (χ1) is 18.0. The van der Waals surface area contributed by atoms with Crippen molar-refractivity contribution in [1.82, 2.24) is 24.3 Å². The Morgan fingerprint density at radius 2 is 1.95 bits per heavy atom. The summed E-state index contributed by atoms with van der Waals surface area (Å²) in [6, 6.07) is 4.91. The molecule has 0 aliphatic heterocycles. The summed E-state index contributed by atoms with van der Waals surface area (Å²) in [4.78, 5) is 34.2. The highest BCUT2D eigenvalue weighted by atomic mass is 19.1. The van der Waals surface area contributed by atoms with Crippen molar-refractivity contribution in [3.63, 3.8) is 0 Å². The van der Waals surface area contributed by atoms with Gasteiger partial charge in [-0.2, -0.15) is 10.1 Å². The first-order valence-electron chi connectivity index (χ1n) is 11.8.